The van der Waals surface area contributed by atoms with Gasteiger partial charge in [0.05, 0.1) is 0 Å². The summed E-state index contributed by atoms with van der Waals surface area (Å²) in [6.45, 7) is 7.99. The maximum Gasteiger partial charge on any atom is -0.0130 e. The zero-order valence-electron chi connectivity index (χ0n) is 13.8. The van der Waals surface area contributed by atoms with Gasteiger partial charge >= 0.3 is 0 Å². The summed E-state index contributed by atoms with van der Waals surface area (Å²) in [6.07, 6.45) is 19.6. The summed E-state index contributed by atoms with van der Waals surface area (Å²) in [5, 5.41) is 0. The average Bonchev–Trinajstić information content (AvgIpc) is 2.54. The number of rotatable bonds is 8. The van der Waals surface area contributed by atoms with E-state index in [1.54, 1.807) is 0 Å². The summed E-state index contributed by atoms with van der Waals surface area (Å²) in [4.78, 5) is 0. The molecule has 0 bridgehead atoms. The van der Waals surface area contributed by atoms with E-state index in [1.165, 1.54) is 22.3 Å². The van der Waals surface area contributed by atoms with E-state index in [9.17, 15) is 0 Å². The van der Waals surface area contributed by atoms with E-state index < -0.39 is 0 Å². The molecule has 0 saturated carbocycles. The minimum Gasteiger partial charge on any atom is -0.115 e. The first kappa shape index (κ1) is 17.8. The molecule has 0 spiro atoms. The van der Waals surface area contributed by atoms with Crippen molar-refractivity contribution in [2.24, 2.45) is 0 Å². The van der Waals surface area contributed by atoms with Crippen LogP contribution in [0.5, 0.6) is 0 Å². The third-order valence-corrected chi connectivity index (χ3v) is 3.61. The third-order valence-electron chi connectivity index (χ3n) is 3.61. The lowest BCUT2D eigenvalue weighted by Crippen LogP contribution is -1.90. The molecule has 1 aromatic carbocycles. The number of allylic oxidation sites excluding steroid dienone is 7. The normalized spacial score (nSPS) is 12.4. The van der Waals surface area contributed by atoms with Crippen LogP contribution in [0.2, 0.25) is 0 Å². The van der Waals surface area contributed by atoms with Crippen molar-refractivity contribution in [3.63, 3.8) is 0 Å². The molecule has 0 heterocycles. The molecule has 0 atom stereocenters. The van der Waals surface area contributed by atoms with Crippen LogP contribution < -0.4 is 0 Å². The molecule has 1 aromatic rings. The van der Waals surface area contributed by atoms with Gasteiger partial charge < -0.3 is 0 Å². The Bertz CT molecular complexity index is 603. The van der Waals surface area contributed by atoms with Crippen molar-refractivity contribution >= 4 is 5.57 Å². The number of terminal acetylenes is 1. The fraction of sp³-hybridized carbons (Fsp3) is 0.273. The van der Waals surface area contributed by atoms with Crippen molar-refractivity contribution in [2.45, 2.75) is 39.5 Å². The van der Waals surface area contributed by atoms with E-state index in [4.69, 9.17) is 6.42 Å². The maximum absolute atomic E-state index is 5.35. The lowest BCUT2D eigenvalue weighted by Gasteiger charge is -2.07. The Morgan fingerprint density at radius 1 is 1.36 bits per heavy atom. The Morgan fingerprint density at radius 2 is 2.18 bits per heavy atom. The molecule has 0 radical (unpaired) electrons. The summed E-state index contributed by atoms with van der Waals surface area (Å²) < 4.78 is 0. The molecule has 0 heteroatoms. The largest absolute Gasteiger partial charge is 0.115 e. The molecular formula is C22H26. The van der Waals surface area contributed by atoms with Crippen molar-refractivity contribution in [1.82, 2.24) is 0 Å². The summed E-state index contributed by atoms with van der Waals surface area (Å²) in [5.74, 6) is 2.63. The van der Waals surface area contributed by atoms with E-state index >= 15 is 0 Å². The molecular weight excluding hydrogens is 264 g/mol. The molecule has 0 saturated heterocycles. The first-order chi connectivity index (χ1) is 10.7. The first-order valence-corrected chi connectivity index (χ1v) is 7.93. The number of hydrogen-bond donors (Lipinski definition) is 0. The second kappa shape index (κ2) is 10.5. The molecule has 0 fully saturated rings. The molecule has 0 aliphatic carbocycles. The van der Waals surface area contributed by atoms with E-state index in [0.29, 0.717) is 0 Å². The quantitative estimate of drug-likeness (QED) is 0.399. The predicted octanol–water partition coefficient (Wildman–Crippen LogP) is 6.12. The molecule has 0 aromatic heterocycles. The second-order valence-corrected chi connectivity index (χ2v) is 5.23. The molecule has 0 N–H and O–H groups in total. The molecule has 0 aliphatic rings. The van der Waals surface area contributed by atoms with Crippen LogP contribution in [0.15, 0.2) is 66.8 Å². The fourth-order valence-corrected chi connectivity index (χ4v) is 2.45. The zero-order valence-corrected chi connectivity index (χ0v) is 13.8. The van der Waals surface area contributed by atoms with E-state index in [1.807, 2.05) is 25.2 Å². The van der Waals surface area contributed by atoms with Gasteiger partial charge in [0.1, 0.15) is 0 Å². The van der Waals surface area contributed by atoms with Gasteiger partial charge in [-0.3, -0.25) is 0 Å². The minimum atomic E-state index is 1.04. The monoisotopic (exact) mass is 290 g/mol. The van der Waals surface area contributed by atoms with Crippen LogP contribution in [0.4, 0.5) is 0 Å². The summed E-state index contributed by atoms with van der Waals surface area (Å²) in [5.41, 5.74) is 5.17. The SMILES string of the molecule is C#C/C=C(/CC)CCCc1cccc(C(/C=C\C)=C/C=C)c1. The number of benzene rings is 1. The van der Waals surface area contributed by atoms with Crippen LogP contribution in [0, 0.1) is 12.3 Å². The fourth-order valence-electron chi connectivity index (χ4n) is 2.45. The van der Waals surface area contributed by atoms with Crippen LogP contribution in [0.1, 0.15) is 44.2 Å². The van der Waals surface area contributed by atoms with Gasteiger partial charge in [0.15, 0.2) is 0 Å². The summed E-state index contributed by atoms with van der Waals surface area (Å²) in [7, 11) is 0. The number of aryl methyl sites for hydroxylation is 1. The Hall–Kier alpha value is -2.26. The Labute approximate surface area is 136 Å². The lowest BCUT2D eigenvalue weighted by molar-refractivity contribution is 0.787. The summed E-state index contributed by atoms with van der Waals surface area (Å²) >= 11 is 0. The highest BCUT2D eigenvalue weighted by atomic mass is 14.1. The van der Waals surface area contributed by atoms with Gasteiger partial charge in [-0.1, -0.05) is 73.6 Å². The van der Waals surface area contributed by atoms with Gasteiger partial charge in [0.2, 0.25) is 0 Å². The smallest absolute Gasteiger partial charge is 0.0130 e. The molecule has 0 unspecified atom stereocenters. The van der Waals surface area contributed by atoms with Crippen molar-refractivity contribution in [1.29, 1.82) is 0 Å². The van der Waals surface area contributed by atoms with Crippen LogP contribution in [0.25, 0.3) is 5.57 Å². The molecule has 22 heavy (non-hydrogen) atoms. The molecule has 1 rings (SSSR count). The molecule has 0 amide bonds. The Balaban J connectivity index is 2.76. The number of hydrogen-bond acceptors (Lipinski definition) is 0. The first-order valence-electron chi connectivity index (χ1n) is 7.93. The standard InChI is InChI=1S/C22H26/c1-5-11-19(8-4)14-9-15-20-16-10-17-22(18-20)21(12-6-2)13-7-3/h1,6-7,10-13,16-18H,2,8-9,14-15H2,3-4H3/b13-7-,19-11-,21-12+. The third kappa shape index (κ3) is 6.02. The van der Waals surface area contributed by atoms with Crippen molar-refractivity contribution < 1.29 is 0 Å². The maximum atomic E-state index is 5.35. The molecule has 0 aliphatic heterocycles. The zero-order chi connectivity index (χ0) is 16.2. The molecule has 0 nitrogen and oxygen atoms in total. The van der Waals surface area contributed by atoms with Gasteiger partial charge in [0, 0.05) is 0 Å². The highest BCUT2D eigenvalue weighted by molar-refractivity contribution is 5.75. The highest BCUT2D eigenvalue weighted by Crippen LogP contribution is 2.19. The van der Waals surface area contributed by atoms with Crippen LogP contribution in [-0.4, -0.2) is 0 Å². The van der Waals surface area contributed by atoms with Crippen LogP contribution in [0.3, 0.4) is 0 Å². The van der Waals surface area contributed by atoms with Gasteiger partial charge in [-0.2, -0.15) is 0 Å². The van der Waals surface area contributed by atoms with Crippen LogP contribution >= 0.6 is 0 Å². The minimum absolute atomic E-state index is 1.04. The predicted molar refractivity (Wildman–Crippen MR) is 99.6 cm³/mol. The van der Waals surface area contributed by atoms with Crippen molar-refractivity contribution in [3.8, 4) is 12.3 Å². The van der Waals surface area contributed by atoms with Crippen LogP contribution in [-0.2, 0) is 6.42 Å². The van der Waals surface area contributed by atoms with Gasteiger partial charge in [0.25, 0.3) is 0 Å². The Morgan fingerprint density at radius 3 is 2.82 bits per heavy atom. The van der Waals surface area contributed by atoms with E-state index in [-0.39, 0.29) is 0 Å². The van der Waals surface area contributed by atoms with E-state index in [2.05, 4.69) is 55.8 Å². The van der Waals surface area contributed by atoms with Gasteiger partial charge in [-0.15, -0.1) is 6.42 Å². The average molecular weight is 290 g/mol. The summed E-state index contributed by atoms with van der Waals surface area (Å²) in [6, 6.07) is 8.74. The Kier molecular flexibility index (Phi) is 8.46. The highest BCUT2D eigenvalue weighted by Gasteiger charge is 2.01. The lowest BCUT2D eigenvalue weighted by atomic mass is 9.98. The topological polar surface area (TPSA) is 0 Å². The van der Waals surface area contributed by atoms with E-state index in [0.717, 1.165) is 25.7 Å². The molecule has 114 valence electrons. The van der Waals surface area contributed by atoms with Gasteiger partial charge in [-0.25, -0.2) is 0 Å². The second-order valence-electron chi connectivity index (χ2n) is 5.23. The van der Waals surface area contributed by atoms with Crippen molar-refractivity contribution in [2.75, 3.05) is 0 Å². The van der Waals surface area contributed by atoms with Crippen molar-refractivity contribution in [3.05, 3.63) is 77.9 Å². The van der Waals surface area contributed by atoms with Gasteiger partial charge in [-0.05, 0) is 55.4 Å².